The largest absolute Gasteiger partial charge is 0.315 e. The summed E-state index contributed by atoms with van der Waals surface area (Å²) in [5.41, 5.74) is 0. The Morgan fingerprint density at radius 1 is 0.926 bits per heavy atom. The normalized spacial score (nSPS) is 27.8. The fraction of sp³-hybridized carbons (Fsp3) is 0.579. The second-order valence-electron chi connectivity index (χ2n) is 7.73. The molecule has 2 heterocycles. The zero-order valence-electron chi connectivity index (χ0n) is 15.3. The van der Waals surface area contributed by atoms with Gasteiger partial charge >= 0.3 is 0 Å². The number of fused-ring (bicyclic) bond motifs is 1. The number of nitrogens with zero attached hydrogens (tertiary/aromatic N) is 2. The van der Waals surface area contributed by atoms with E-state index in [2.05, 4.69) is 0 Å². The lowest BCUT2D eigenvalue weighted by Gasteiger charge is -2.33. The first-order valence-electron chi connectivity index (χ1n) is 9.72. The molecular weight excluding hydrogens is 366 g/mol. The number of likely N-dealkylation sites (tertiary alicyclic amines) is 1. The van der Waals surface area contributed by atoms with Gasteiger partial charge in [0.2, 0.25) is 21.8 Å². The van der Waals surface area contributed by atoms with E-state index in [4.69, 9.17) is 0 Å². The van der Waals surface area contributed by atoms with Gasteiger partial charge in [0.05, 0.1) is 42.9 Å². The fourth-order valence-corrected chi connectivity index (χ4v) is 6.02. The molecule has 3 aliphatic rings. The van der Waals surface area contributed by atoms with Crippen LogP contribution in [0.1, 0.15) is 25.7 Å². The Morgan fingerprint density at radius 3 is 2.04 bits per heavy atom. The van der Waals surface area contributed by atoms with E-state index in [0.717, 1.165) is 30.6 Å². The van der Waals surface area contributed by atoms with Gasteiger partial charge in [-0.3, -0.25) is 9.59 Å². The third-order valence-corrected chi connectivity index (χ3v) is 8.04. The Hall–Kier alpha value is -1.77. The molecule has 1 aromatic carbocycles. The molecule has 8 heteroatoms. The minimum atomic E-state index is -3.48. The Bertz CT molecular complexity index is 795. The van der Waals surface area contributed by atoms with Crippen molar-refractivity contribution in [3.8, 4) is 0 Å². The number of amides is 2. The summed E-state index contributed by atoms with van der Waals surface area (Å²) in [4.78, 5) is 28.1. The smallest absolute Gasteiger partial charge is 0.243 e. The lowest BCUT2D eigenvalue weighted by Crippen LogP contribution is -3.16. The van der Waals surface area contributed by atoms with Crippen molar-refractivity contribution < 1.29 is 22.9 Å². The average molecular weight is 393 g/mol. The quantitative estimate of drug-likeness (QED) is 0.714. The highest BCUT2D eigenvalue weighted by Gasteiger charge is 2.49. The Balaban J connectivity index is 1.37. The van der Waals surface area contributed by atoms with Crippen LogP contribution in [0.3, 0.4) is 0 Å². The van der Waals surface area contributed by atoms with Crippen molar-refractivity contribution in [2.45, 2.75) is 30.6 Å². The van der Waals surface area contributed by atoms with Gasteiger partial charge in [0.15, 0.2) is 6.67 Å². The number of benzene rings is 1. The van der Waals surface area contributed by atoms with Crippen LogP contribution in [0.25, 0.3) is 0 Å². The number of imide groups is 1. The van der Waals surface area contributed by atoms with E-state index in [9.17, 15) is 18.0 Å². The SMILES string of the molecule is O=C1[C@H]2CCCC[C@H]2C(=O)N1C[NH+]1CCN(S(=O)(=O)c2ccccc2)CC1. The van der Waals surface area contributed by atoms with Crippen molar-refractivity contribution in [2.75, 3.05) is 32.8 Å². The van der Waals surface area contributed by atoms with Crippen LogP contribution in [-0.4, -0.2) is 62.3 Å². The average Bonchev–Trinajstić information content (AvgIpc) is 2.94. The monoisotopic (exact) mass is 392 g/mol. The van der Waals surface area contributed by atoms with Gasteiger partial charge < -0.3 is 4.90 Å². The molecule has 2 aliphatic heterocycles. The first kappa shape index (κ1) is 18.6. The molecule has 1 N–H and O–H groups in total. The minimum Gasteiger partial charge on any atom is -0.315 e. The van der Waals surface area contributed by atoms with Gasteiger partial charge in [0.25, 0.3) is 0 Å². The van der Waals surface area contributed by atoms with Gasteiger partial charge in [-0.1, -0.05) is 31.0 Å². The maximum Gasteiger partial charge on any atom is 0.243 e. The van der Waals surface area contributed by atoms with Crippen molar-refractivity contribution in [1.29, 1.82) is 0 Å². The van der Waals surface area contributed by atoms with E-state index in [-0.39, 0.29) is 23.7 Å². The predicted octanol–water partition coefficient (Wildman–Crippen LogP) is -0.291. The van der Waals surface area contributed by atoms with Crippen LogP contribution in [0.2, 0.25) is 0 Å². The number of sulfonamides is 1. The lowest BCUT2D eigenvalue weighted by atomic mass is 9.81. The second kappa shape index (κ2) is 7.33. The van der Waals surface area contributed by atoms with Gasteiger partial charge in [-0.2, -0.15) is 4.31 Å². The maximum atomic E-state index is 12.7. The van der Waals surface area contributed by atoms with Crippen LogP contribution in [0.15, 0.2) is 35.2 Å². The number of carbonyl (C=O) groups is 2. The fourth-order valence-electron chi connectivity index (χ4n) is 4.55. The van der Waals surface area contributed by atoms with Crippen LogP contribution < -0.4 is 4.90 Å². The molecule has 4 rings (SSSR count). The molecule has 1 aromatic rings. The summed E-state index contributed by atoms with van der Waals surface area (Å²) < 4.78 is 26.9. The maximum absolute atomic E-state index is 12.7. The van der Waals surface area contributed by atoms with Crippen LogP contribution >= 0.6 is 0 Å². The van der Waals surface area contributed by atoms with Gasteiger partial charge in [0, 0.05) is 0 Å². The van der Waals surface area contributed by atoms with Gasteiger partial charge in [-0.05, 0) is 25.0 Å². The van der Waals surface area contributed by atoms with Gasteiger partial charge in [0.1, 0.15) is 0 Å². The molecule has 1 saturated carbocycles. The number of piperazine rings is 1. The molecule has 146 valence electrons. The Kier molecular flexibility index (Phi) is 5.05. The first-order valence-corrected chi connectivity index (χ1v) is 11.2. The predicted molar refractivity (Wildman–Crippen MR) is 98.1 cm³/mol. The van der Waals surface area contributed by atoms with Crippen molar-refractivity contribution in [3.63, 3.8) is 0 Å². The van der Waals surface area contributed by atoms with Crippen LogP contribution in [0.4, 0.5) is 0 Å². The minimum absolute atomic E-state index is 0.0171. The molecule has 0 radical (unpaired) electrons. The number of rotatable bonds is 4. The summed E-state index contributed by atoms with van der Waals surface area (Å²) in [6.07, 6.45) is 3.70. The first-order chi connectivity index (χ1) is 13.0. The third kappa shape index (κ3) is 3.41. The molecule has 0 unspecified atom stereocenters. The van der Waals surface area contributed by atoms with E-state index in [1.807, 2.05) is 0 Å². The van der Waals surface area contributed by atoms with E-state index in [1.54, 1.807) is 30.3 Å². The molecule has 1 aliphatic carbocycles. The zero-order chi connectivity index (χ0) is 19.0. The number of quaternary nitrogens is 1. The zero-order valence-corrected chi connectivity index (χ0v) is 16.2. The number of nitrogens with one attached hydrogen (secondary N) is 1. The highest BCUT2D eigenvalue weighted by Crippen LogP contribution is 2.37. The van der Waals surface area contributed by atoms with Crippen molar-refractivity contribution in [1.82, 2.24) is 9.21 Å². The summed E-state index contributed by atoms with van der Waals surface area (Å²) in [6.45, 7) is 2.35. The summed E-state index contributed by atoms with van der Waals surface area (Å²) in [5, 5.41) is 0. The molecule has 0 spiro atoms. The summed E-state index contributed by atoms with van der Waals surface area (Å²) in [7, 11) is -3.48. The molecule has 0 aromatic heterocycles. The highest BCUT2D eigenvalue weighted by molar-refractivity contribution is 7.89. The molecule has 27 heavy (non-hydrogen) atoms. The highest BCUT2D eigenvalue weighted by atomic mass is 32.2. The second-order valence-corrected chi connectivity index (χ2v) is 9.67. The van der Waals surface area contributed by atoms with Crippen molar-refractivity contribution in [2.24, 2.45) is 11.8 Å². The molecular formula is C19H26N3O4S+. The third-order valence-electron chi connectivity index (χ3n) is 6.12. The van der Waals surface area contributed by atoms with Crippen molar-refractivity contribution in [3.05, 3.63) is 30.3 Å². The topological polar surface area (TPSA) is 79.2 Å². The number of hydrogen-bond acceptors (Lipinski definition) is 4. The van der Waals surface area contributed by atoms with Crippen LogP contribution in [0, 0.1) is 11.8 Å². The van der Waals surface area contributed by atoms with Gasteiger partial charge in [-0.15, -0.1) is 0 Å². The molecule has 2 atom stereocenters. The molecule has 2 amide bonds. The molecule has 3 fully saturated rings. The standard InChI is InChI=1S/C19H25N3O4S/c23-18-16-8-4-5-9-17(16)19(24)22(18)14-20-10-12-21(13-11-20)27(25,26)15-6-2-1-3-7-15/h1-3,6-7,16-17H,4-5,8-14H2/p+1/t16-,17+. The Labute approximate surface area is 160 Å². The van der Waals surface area contributed by atoms with E-state index in [0.29, 0.717) is 37.7 Å². The van der Waals surface area contributed by atoms with Crippen molar-refractivity contribution >= 4 is 21.8 Å². The number of carbonyl (C=O) groups excluding carboxylic acids is 2. The van der Waals surface area contributed by atoms with Crippen LogP contribution in [-0.2, 0) is 19.6 Å². The molecule has 7 nitrogen and oxygen atoms in total. The molecule has 2 saturated heterocycles. The van der Waals surface area contributed by atoms with Crippen LogP contribution in [0.5, 0.6) is 0 Å². The summed E-state index contributed by atoms with van der Waals surface area (Å²) >= 11 is 0. The van der Waals surface area contributed by atoms with E-state index >= 15 is 0 Å². The lowest BCUT2D eigenvalue weighted by molar-refractivity contribution is -0.910. The summed E-state index contributed by atoms with van der Waals surface area (Å²) in [6, 6.07) is 8.45. The number of hydrogen-bond donors (Lipinski definition) is 1. The van der Waals surface area contributed by atoms with E-state index < -0.39 is 10.0 Å². The van der Waals surface area contributed by atoms with Gasteiger partial charge in [-0.25, -0.2) is 13.3 Å². The van der Waals surface area contributed by atoms with E-state index in [1.165, 1.54) is 9.21 Å². The molecule has 0 bridgehead atoms. The summed E-state index contributed by atoms with van der Waals surface area (Å²) in [5.74, 6) is -0.274. The Morgan fingerprint density at radius 2 is 1.48 bits per heavy atom.